The van der Waals surface area contributed by atoms with Gasteiger partial charge in [-0.3, -0.25) is 4.79 Å². The number of benzene rings is 1. The van der Waals surface area contributed by atoms with Crippen molar-refractivity contribution in [2.24, 2.45) is 0 Å². The van der Waals surface area contributed by atoms with Crippen LogP contribution in [0.15, 0.2) is 18.2 Å². The highest BCUT2D eigenvalue weighted by atomic mass is 16.2. The van der Waals surface area contributed by atoms with E-state index in [1.807, 2.05) is 36.9 Å². The maximum atomic E-state index is 12.9. The van der Waals surface area contributed by atoms with Gasteiger partial charge in [-0.1, -0.05) is 25.1 Å². The molecule has 1 amide bonds. The molecule has 1 N–H and O–H groups in total. The number of hydrogen-bond donors (Lipinski definition) is 1. The van der Waals surface area contributed by atoms with Crippen molar-refractivity contribution in [1.82, 2.24) is 10.2 Å². The molecule has 0 spiro atoms. The third-order valence-electron chi connectivity index (χ3n) is 4.08. The lowest BCUT2D eigenvalue weighted by Crippen LogP contribution is -2.42. The van der Waals surface area contributed by atoms with Crippen molar-refractivity contribution < 1.29 is 4.79 Å². The molecule has 1 heterocycles. The quantitative estimate of drug-likeness (QED) is 0.895. The van der Waals surface area contributed by atoms with Crippen LogP contribution in [0.1, 0.15) is 47.7 Å². The molecule has 0 bridgehead atoms. The summed E-state index contributed by atoms with van der Waals surface area (Å²) in [5, 5.41) is 3.49. The lowest BCUT2D eigenvalue weighted by molar-refractivity contribution is 0.0740. The zero-order valence-corrected chi connectivity index (χ0v) is 12.9. The highest BCUT2D eigenvalue weighted by Crippen LogP contribution is 2.17. The first-order valence-electron chi connectivity index (χ1n) is 7.72. The second-order valence-electron chi connectivity index (χ2n) is 5.81. The fourth-order valence-corrected chi connectivity index (χ4v) is 3.03. The van der Waals surface area contributed by atoms with Crippen molar-refractivity contribution in [2.45, 2.75) is 46.1 Å². The Balaban J connectivity index is 2.17. The molecular weight excluding hydrogens is 248 g/mol. The third kappa shape index (κ3) is 3.40. The van der Waals surface area contributed by atoms with E-state index >= 15 is 0 Å². The van der Waals surface area contributed by atoms with Crippen molar-refractivity contribution in [2.75, 3.05) is 19.6 Å². The molecule has 1 saturated heterocycles. The van der Waals surface area contributed by atoms with Crippen LogP contribution in [0, 0.1) is 13.8 Å². The van der Waals surface area contributed by atoms with Gasteiger partial charge in [0.1, 0.15) is 0 Å². The van der Waals surface area contributed by atoms with Crippen molar-refractivity contribution in [3.63, 3.8) is 0 Å². The summed E-state index contributed by atoms with van der Waals surface area (Å²) in [7, 11) is 0. The van der Waals surface area contributed by atoms with Crippen molar-refractivity contribution in [3.8, 4) is 0 Å². The number of hydrogen-bond acceptors (Lipinski definition) is 2. The minimum Gasteiger partial charge on any atom is -0.337 e. The van der Waals surface area contributed by atoms with Crippen molar-refractivity contribution in [1.29, 1.82) is 0 Å². The Morgan fingerprint density at radius 3 is 2.60 bits per heavy atom. The Bertz CT molecular complexity index is 444. The summed E-state index contributed by atoms with van der Waals surface area (Å²) in [5.74, 6) is 0.191. The summed E-state index contributed by atoms with van der Waals surface area (Å²) < 4.78 is 0. The van der Waals surface area contributed by atoms with Gasteiger partial charge in [-0.2, -0.15) is 0 Å². The molecular formula is C17H26N2O. The molecule has 1 aromatic carbocycles. The fraction of sp³-hybridized carbons (Fsp3) is 0.588. The molecule has 1 unspecified atom stereocenters. The Morgan fingerprint density at radius 2 is 2.05 bits per heavy atom. The van der Waals surface area contributed by atoms with Gasteiger partial charge in [-0.25, -0.2) is 0 Å². The molecule has 110 valence electrons. The molecule has 3 heteroatoms. The molecule has 3 nitrogen and oxygen atoms in total. The van der Waals surface area contributed by atoms with E-state index in [2.05, 4.69) is 12.2 Å². The molecule has 20 heavy (non-hydrogen) atoms. The van der Waals surface area contributed by atoms with Gasteiger partial charge in [0.25, 0.3) is 5.91 Å². The topological polar surface area (TPSA) is 32.3 Å². The Hall–Kier alpha value is -1.35. The second-order valence-corrected chi connectivity index (χ2v) is 5.81. The summed E-state index contributed by atoms with van der Waals surface area (Å²) in [6.45, 7) is 8.94. The number of aryl methyl sites for hydroxylation is 2. The molecule has 0 aliphatic carbocycles. The van der Waals surface area contributed by atoms with Crippen LogP contribution >= 0.6 is 0 Å². The van der Waals surface area contributed by atoms with E-state index in [0.717, 1.165) is 42.7 Å². The number of carbonyl (C=O) groups is 1. The molecule has 0 aromatic heterocycles. The predicted molar refractivity (Wildman–Crippen MR) is 83.1 cm³/mol. The van der Waals surface area contributed by atoms with Gasteiger partial charge in [-0.15, -0.1) is 0 Å². The molecule has 1 fully saturated rings. The van der Waals surface area contributed by atoms with Crippen LogP contribution in [-0.2, 0) is 0 Å². The van der Waals surface area contributed by atoms with Crippen LogP contribution in [0.2, 0.25) is 0 Å². The maximum Gasteiger partial charge on any atom is 0.254 e. The number of nitrogens with zero attached hydrogens (tertiary/aromatic N) is 1. The van der Waals surface area contributed by atoms with E-state index in [1.54, 1.807) is 0 Å². The largest absolute Gasteiger partial charge is 0.337 e. The Morgan fingerprint density at radius 1 is 1.35 bits per heavy atom. The van der Waals surface area contributed by atoms with Crippen LogP contribution < -0.4 is 5.32 Å². The average molecular weight is 274 g/mol. The monoisotopic (exact) mass is 274 g/mol. The summed E-state index contributed by atoms with van der Waals surface area (Å²) in [4.78, 5) is 14.9. The summed E-state index contributed by atoms with van der Waals surface area (Å²) >= 11 is 0. The first kappa shape index (κ1) is 15.0. The minimum absolute atomic E-state index is 0.191. The van der Waals surface area contributed by atoms with Crippen LogP contribution in [0.3, 0.4) is 0 Å². The second kappa shape index (κ2) is 6.89. The molecule has 2 rings (SSSR count). The number of rotatable bonds is 5. The van der Waals surface area contributed by atoms with E-state index in [0.29, 0.717) is 6.04 Å². The predicted octanol–water partition coefficient (Wildman–Crippen LogP) is 2.91. The van der Waals surface area contributed by atoms with Crippen LogP contribution in [-0.4, -0.2) is 36.5 Å². The summed E-state index contributed by atoms with van der Waals surface area (Å²) in [6.07, 6.45) is 3.41. The third-order valence-corrected chi connectivity index (χ3v) is 4.08. The van der Waals surface area contributed by atoms with Gasteiger partial charge in [-0.05, 0) is 50.8 Å². The van der Waals surface area contributed by atoms with E-state index < -0.39 is 0 Å². The maximum absolute atomic E-state index is 12.9. The zero-order valence-electron chi connectivity index (χ0n) is 12.9. The molecule has 1 aliphatic rings. The summed E-state index contributed by atoms with van der Waals surface area (Å²) in [6, 6.07) is 6.54. The van der Waals surface area contributed by atoms with Gasteiger partial charge in [0.05, 0.1) is 0 Å². The molecule has 0 saturated carbocycles. The Labute approximate surface area is 122 Å². The standard InChI is InChI=1S/C17H26N2O/c1-4-11-19(12-15-9-6-10-18-15)17(20)16-13(2)7-5-8-14(16)3/h5,7-8,15,18H,4,6,9-12H2,1-3H3. The van der Waals surface area contributed by atoms with Crippen LogP contribution in [0.25, 0.3) is 0 Å². The highest BCUT2D eigenvalue weighted by Gasteiger charge is 2.23. The normalized spacial score (nSPS) is 18.2. The fourth-order valence-electron chi connectivity index (χ4n) is 3.03. The zero-order chi connectivity index (χ0) is 14.5. The lowest BCUT2D eigenvalue weighted by Gasteiger charge is -2.27. The van der Waals surface area contributed by atoms with Gasteiger partial charge in [0, 0.05) is 24.7 Å². The first-order chi connectivity index (χ1) is 9.63. The van der Waals surface area contributed by atoms with Crippen molar-refractivity contribution >= 4 is 5.91 Å². The smallest absolute Gasteiger partial charge is 0.254 e. The number of nitrogens with one attached hydrogen (secondary N) is 1. The molecule has 1 aliphatic heterocycles. The average Bonchev–Trinajstić information content (AvgIpc) is 2.91. The van der Waals surface area contributed by atoms with E-state index in [-0.39, 0.29) is 5.91 Å². The van der Waals surface area contributed by atoms with Crippen LogP contribution in [0.4, 0.5) is 0 Å². The van der Waals surface area contributed by atoms with Gasteiger partial charge in [0.2, 0.25) is 0 Å². The SMILES string of the molecule is CCCN(CC1CCCN1)C(=O)c1c(C)cccc1C. The summed E-state index contributed by atoms with van der Waals surface area (Å²) in [5.41, 5.74) is 3.05. The first-order valence-corrected chi connectivity index (χ1v) is 7.72. The molecule has 0 radical (unpaired) electrons. The van der Waals surface area contributed by atoms with Crippen molar-refractivity contribution in [3.05, 3.63) is 34.9 Å². The van der Waals surface area contributed by atoms with Crippen LogP contribution in [0.5, 0.6) is 0 Å². The number of carbonyl (C=O) groups excluding carboxylic acids is 1. The highest BCUT2D eigenvalue weighted by molar-refractivity contribution is 5.97. The van der Waals surface area contributed by atoms with Gasteiger partial charge >= 0.3 is 0 Å². The molecule has 1 aromatic rings. The van der Waals surface area contributed by atoms with Gasteiger partial charge in [0.15, 0.2) is 0 Å². The number of amides is 1. The van der Waals surface area contributed by atoms with E-state index in [4.69, 9.17) is 0 Å². The Kier molecular flexibility index (Phi) is 5.18. The van der Waals surface area contributed by atoms with E-state index in [9.17, 15) is 4.79 Å². The van der Waals surface area contributed by atoms with E-state index in [1.165, 1.54) is 12.8 Å². The molecule has 1 atom stereocenters. The van der Waals surface area contributed by atoms with Gasteiger partial charge < -0.3 is 10.2 Å². The minimum atomic E-state index is 0.191. The lowest BCUT2D eigenvalue weighted by atomic mass is 10.0.